The Morgan fingerprint density at radius 3 is 2.42 bits per heavy atom. The van der Waals surface area contributed by atoms with Crippen LogP contribution in [0.15, 0.2) is 0 Å². The smallest absolute Gasteiger partial charge is 0.326 e. The molecule has 19 heavy (non-hydrogen) atoms. The number of methoxy groups -OCH3 is 1. The number of hydrogen-bond acceptors (Lipinski definition) is 5. The molecule has 0 radical (unpaired) electrons. The fraction of sp³-hybridized carbons (Fsp3) is 0.750. The van der Waals surface area contributed by atoms with Crippen LogP contribution in [0.2, 0.25) is 0 Å². The molecular weight excluding hydrogens is 252 g/mol. The second-order valence-corrected chi connectivity index (χ2v) is 4.82. The molecule has 4 N–H and O–H groups in total. The molecule has 0 aromatic carbocycles. The second kappa shape index (κ2) is 6.51. The van der Waals surface area contributed by atoms with Gasteiger partial charge in [0.2, 0.25) is 5.91 Å². The van der Waals surface area contributed by atoms with E-state index in [1.165, 1.54) is 7.11 Å². The summed E-state index contributed by atoms with van der Waals surface area (Å²) < 4.78 is 4.44. The maximum atomic E-state index is 12.0. The maximum Gasteiger partial charge on any atom is 0.326 e. The number of esters is 1. The molecule has 1 aliphatic rings. The van der Waals surface area contributed by atoms with Gasteiger partial charge in [-0.15, -0.1) is 0 Å². The molecule has 1 atom stereocenters. The van der Waals surface area contributed by atoms with Gasteiger partial charge in [0.15, 0.2) is 0 Å². The number of carbonyl (C=O) groups is 3. The molecule has 0 aromatic heterocycles. The number of nitrogens with one attached hydrogen (secondary N) is 1. The predicted molar refractivity (Wildman–Crippen MR) is 66.2 cm³/mol. The van der Waals surface area contributed by atoms with Gasteiger partial charge in [-0.05, 0) is 19.3 Å². The SMILES string of the molecule is COC(=O)CC[C@@H](NC(=O)C1(CN)CCC1)C(=O)O. The van der Waals surface area contributed by atoms with Crippen molar-refractivity contribution in [1.29, 1.82) is 0 Å². The highest BCUT2D eigenvalue weighted by atomic mass is 16.5. The summed E-state index contributed by atoms with van der Waals surface area (Å²) in [4.78, 5) is 34.1. The first-order valence-electron chi connectivity index (χ1n) is 6.26. The fourth-order valence-corrected chi connectivity index (χ4v) is 2.06. The number of nitrogens with two attached hydrogens (primary N) is 1. The van der Waals surface area contributed by atoms with E-state index in [4.69, 9.17) is 10.8 Å². The van der Waals surface area contributed by atoms with E-state index in [-0.39, 0.29) is 25.3 Å². The first kappa shape index (κ1) is 15.4. The summed E-state index contributed by atoms with van der Waals surface area (Å²) >= 11 is 0. The van der Waals surface area contributed by atoms with Crippen molar-refractivity contribution in [2.45, 2.75) is 38.1 Å². The summed E-state index contributed by atoms with van der Waals surface area (Å²) in [5.41, 5.74) is 4.96. The molecule has 108 valence electrons. The normalized spacial score (nSPS) is 18.0. The van der Waals surface area contributed by atoms with Gasteiger partial charge in [-0.25, -0.2) is 4.79 Å². The van der Waals surface area contributed by atoms with E-state index in [1.807, 2.05) is 0 Å². The highest BCUT2D eigenvalue weighted by Crippen LogP contribution is 2.40. The third kappa shape index (κ3) is 3.66. The lowest BCUT2D eigenvalue weighted by Crippen LogP contribution is -2.54. The molecule has 1 fully saturated rings. The average molecular weight is 272 g/mol. The van der Waals surface area contributed by atoms with Crippen LogP contribution < -0.4 is 11.1 Å². The minimum Gasteiger partial charge on any atom is -0.480 e. The lowest BCUT2D eigenvalue weighted by atomic mass is 9.68. The van der Waals surface area contributed by atoms with Crippen molar-refractivity contribution >= 4 is 17.8 Å². The molecule has 1 aliphatic carbocycles. The van der Waals surface area contributed by atoms with Gasteiger partial charge >= 0.3 is 11.9 Å². The van der Waals surface area contributed by atoms with Crippen LogP contribution in [0.5, 0.6) is 0 Å². The molecule has 0 saturated heterocycles. The highest BCUT2D eigenvalue weighted by Gasteiger charge is 2.43. The Kier molecular flexibility index (Phi) is 5.29. The summed E-state index contributed by atoms with van der Waals surface area (Å²) in [6.45, 7) is 0.210. The number of ether oxygens (including phenoxy) is 1. The van der Waals surface area contributed by atoms with Gasteiger partial charge in [0, 0.05) is 13.0 Å². The van der Waals surface area contributed by atoms with Crippen molar-refractivity contribution in [1.82, 2.24) is 5.32 Å². The van der Waals surface area contributed by atoms with Gasteiger partial charge in [0.25, 0.3) is 0 Å². The molecular formula is C12H20N2O5. The van der Waals surface area contributed by atoms with Crippen molar-refractivity contribution in [2.24, 2.45) is 11.1 Å². The molecule has 0 aliphatic heterocycles. The van der Waals surface area contributed by atoms with Crippen molar-refractivity contribution < 1.29 is 24.2 Å². The van der Waals surface area contributed by atoms with Gasteiger partial charge in [-0.1, -0.05) is 6.42 Å². The minimum absolute atomic E-state index is 0.00833. The molecule has 7 nitrogen and oxygen atoms in total. The Hall–Kier alpha value is -1.63. The number of amides is 1. The number of carbonyl (C=O) groups excluding carboxylic acids is 2. The molecule has 0 unspecified atom stereocenters. The van der Waals surface area contributed by atoms with Gasteiger partial charge in [-0.2, -0.15) is 0 Å². The zero-order valence-corrected chi connectivity index (χ0v) is 11.0. The average Bonchev–Trinajstić information content (AvgIpc) is 2.32. The van der Waals surface area contributed by atoms with Crippen LogP contribution >= 0.6 is 0 Å². The van der Waals surface area contributed by atoms with Crippen LogP contribution in [0, 0.1) is 5.41 Å². The van der Waals surface area contributed by atoms with Crippen LogP contribution in [-0.2, 0) is 19.1 Å². The van der Waals surface area contributed by atoms with Crippen LogP contribution in [0.4, 0.5) is 0 Å². The van der Waals surface area contributed by atoms with Crippen molar-refractivity contribution in [3.63, 3.8) is 0 Å². The van der Waals surface area contributed by atoms with Crippen molar-refractivity contribution in [2.75, 3.05) is 13.7 Å². The van der Waals surface area contributed by atoms with Crippen LogP contribution in [0.3, 0.4) is 0 Å². The van der Waals surface area contributed by atoms with E-state index in [9.17, 15) is 14.4 Å². The zero-order valence-electron chi connectivity index (χ0n) is 11.0. The van der Waals surface area contributed by atoms with Crippen LogP contribution in [0.1, 0.15) is 32.1 Å². The molecule has 1 saturated carbocycles. The standard InChI is InChI=1S/C12H20N2O5/c1-19-9(15)4-3-8(10(16)17)14-11(18)12(7-13)5-2-6-12/h8H,2-7,13H2,1H3,(H,14,18)(H,16,17)/t8-/m1/s1. The van der Waals surface area contributed by atoms with E-state index in [0.717, 1.165) is 6.42 Å². The Morgan fingerprint density at radius 2 is 2.05 bits per heavy atom. The van der Waals surface area contributed by atoms with E-state index >= 15 is 0 Å². The Balaban J connectivity index is 2.56. The van der Waals surface area contributed by atoms with E-state index in [0.29, 0.717) is 12.8 Å². The first-order valence-corrected chi connectivity index (χ1v) is 6.26. The highest BCUT2D eigenvalue weighted by molar-refractivity contribution is 5.88. The Bertz CT molecular complexity index is 360. The number of carboxylic acids is 1. The van der Waals surface area contributed by atoms with E-state index < -0.39 is 23.4 Å². The summed E-state index contributed by atoms with van der Waals surface area (Å²) in [6.07, 6.45) is 2.24. The molecule has 1 rings (SSSR count). The monoisotopic (exact) mass is 272 g/mol. The number of rotatable bonds is 7. The number of carboxylic acid groups (broad SMARTS) is 1. The second-order valence-electron chi connectivity index (χ2n) is 4.82. The molecule has 0 bridgehead atoms. The summed E-state index contributed by atoms with van der Waals surface area (Å²) in [6, 6.07) is -1.09. The van der Waals surface area contributed by atoms with Gasteiger partial charge in [-0.3, -0.25) is 9.59 Å². The van der Waals surface area contributed by atoms with E-state index in [1.54, 1.807) is 0 Å². The lowest BCUT2D eigenvalue weighted by molar-refractivity contribution is -0.147. The lowest BCUT2D eigenvalue weighted by Gasteiger charge is -2.39. The third-order valence-electron chi connectivity index (χ3n) is 3.65. The topological polar surface area (TPSA) is 119 Å². The maximum absolute atomic E-state index is 12.0. The van der Waals surface area contributed by atoms with Crippen molar-refractivity contribution in [3.8, 4) is 0 Å². The fourth-order valence-electron chi connectivity index (χ4n) is 2.06. The summed E-state index contributed by atoms with van der Waals surface area (Å²) in [7, 11) is 1.23. The van der Waals surface area contributed by atoms with Crippen molar-refractivity contribution in [3.05, 3.63) is 0 Å². The quantitative estimate of drug-likeness (QED) is 0.544. The number of aliphatic carboxylic acids is 1. The predicted octanol–water partition coefficient (Wildman–Crippen LogP) is -0.362. The third-order valence-corrected chi connectivity index (χ3v) is 3.65. The first-order chi connectivity index (χ1) is 8.95. The molecule has 0 heterocycles. The largest absolute Gasteiger partial charge is 0.480 e. The summed E-state index contributed by atoms with van der Waals surface area (Å²) in [5, 5.41) is 11.5. The summed E-state index contributed by atoms with van der Waals surface area (Å²) in [5.74, 6) is -2.00. The van der Waals surface area contributed by atoms with Crippen LogP contribution in [0.25, 0.3) is 0 Å². The number of hydrogen-bond donors (Lipinski definition) is 3. The Morgan fingerprint density at radius 1 is 1.42 bits per heavy atom. The molecule has 0 aromatic rings. The molecule has 7 heteroatoms. The Labute approximate surface area is 111 Å². The molecule has 1 amide bonds. The molecule has 0 spiro atoms. The van der Waals surface area contributed by atoms with Gasteiger partial charge in [0.05, 0.1) is 12.5 Å². The zero-order chi connectivity index (χ0) is 14.5. The minimum atomic E-state index is -1.16. The van der Waals surface area contributed by atoms with Gasteiger partial charge < -0.3 is 20.9 Å². The van der Waals surface area contributed by atoms with E-state index in [2.05, 4.69) is 10.1 Å². The van der Waals surface area contributed by atoms with Gasteiger partial charge in [0.1, 0.15) is 6.04 Å². The van der Waals surface area contributed by atoms with Crippen LogP contribution in [-0.4, -0.2) is 42.6 Å².